The van der Waals surface area contributed by atoms with E-state index >= 15 is 0 Å². The third-order valence-corrected chi connectivity index (χ3v) is 3.50. The van der Waals surface area contributed by atoms with E-state index in [-0.39, 0.29) is 18.7 Å². The van der Waals surface area contributed by atoms with Crippen molar-refractivity contribution in [2.45, 2.75) is 46.6 Å². The molecule has 19 heavy (non-hydrogen) atoms. The zero-order valence-electron chi connectivity index (χ0n) is 12.0. The molecule has 0 saturated heterocycles. The SMILES string of the molecule is Cc1nc(CC(C)C)c(NC(=O)N[C@H](C)CCO)s1. The molecule has 0 fully saturated rings. The van der Waals surface area contributed by atoms with Gasteiger partial charge in [0, 0.05) is 12.6 Å². The monoisotopic (exact) mass is 285 g/mol. The summed E-state index contributed by atoms with van der Waals surface area (Å²) >= 11 is 1.49. The van der Waals surface area contributed by atoms with E-state index < -0.39 is 0 Å². The number of thiazole rings is 1. The maximum atomic E-state index is 11.8. The van der Waals surface area contributed by atoms with Crippen LogP contribution in [0.25, 0.3) is 0 Å². The molecule has 0 aromatic carbocycles. The molecule has 5 nitrogen and oxygen atoms in total. The first-order chi connectivity index (χ1) is 8.92. The third kappa shape index (κ3) is 5.57. The first kappa shape index (κ1) is 15.9. The Balaban J connectivity index is 2.63. The van der Waals surface area contributed by atoms with Crippen molar-refractivity contribution in [3.63, 3.8) is 0 Å². The average molecular weight is 285 g/mol. The van der Waals surface area contributed by atoms with E-state index in [0.717, 1.165) is 22.1 Å². The van der Waals surface area contributed by atoms with Gasteiger partial charge in [-0.05, 0) is 32.6 Å². The van der Waals surface area contributed by atoms with Crippen molar-refractivity contribution in [2.24, 2.45) is 5.92 Å². The third-order valence-electron chi connectivity index (χ3n) is 2.57. The van der Waals surface area contributed by atoms with E-state index in [9.17, 15) is 4.79 Å². The number of aliphatic hydroxyl groups is 1. The minimum absolute atomic E-state index is 0.0485. The van der Waals surface area contributed by atoms with Gasteiger partial charge in [-0.3, -0.25) is 5.32 Å². The fraction of sp³-hybridized carbons (Fsp3) is 0.692. The van der Waals surface area contributed by atoms with Crippen molar-refractivity contribution in [1.82, 2.24) is 10.3 Å². The Hall–Kier alpha value is -1.14. The number of aryl methyl sites for hydroxylation is 1. The Morgan fingerprint density at radius 3 is 2.68 bits per heavy atom. The van der Waals surface area contributed by atoms with Crippen molar-refractivity contribution < 1.29 is 9.90 Å². The number of rotatable bonds is 6. The van der Waals surface area contributed by atoms with E-state index in [4.69, 9.17) is 5.11 Å². The summed E-state index contributed by atoms with van der Waals surface area (Å²) < 4.78 is 0. The minimum atomic E-state index is -0.241. The maximum absolute atomic E-state index is 11.8. The Morgan fingerprint density at radius 2 is 2.11 bits per heavy atom. The summed E-state index contributed by atoms with van der Waals surface area (Å²) in [5, 5.41) is 16.2. The Bertz CT molecular complexity index is 418. The predicted molar refractivity (Wildman–Crippen MR) is 78.7 cm³/mol. The molecular formula is C13H23N3O2S. The number of hydrogen-bond donors (Lipinski definition) is 3. The van der Waals surface area contributed by atoms with Gasteiger partial charge in [0.05, 0.1) is 10.7 Å². The van der Waals surface area contributed by atoms with E-state index in [1.54, 1.807) is 0 Å². The van der Waals surface area contributed by atoms with Gasteiger partial charge < -0.3 is 10.4 Å². The summed E-state index contributed by atoms with van der Waals surface area (Å²) in [7, 11) is 0. The second-order valence-electron chi connectivity index (χ2n) is 5.12. The smallest absolute Gasteiger partial charge is 0.320 e. The van der Waals surface area contributed by atoms with Gasteiger partial charge in [-0.25, -0.2) is 9.78 Å². The Kier molecular flexibility index (Phi) is 6.24. The normalized spacial score (nSPS) is 12.5. The molecule has 108 valence electrons. The molecule has 0 unspecified atom stereocenters. The van der Waals surface area contributed by atoms with Crippen LogP contribution >= 0.6 is 11.3 Å². The molecule has 1 heterocycles. The number of aliphatic hydroxyl groups excluding tert-OH is 1. The highest BCUT2D eigenvalue weighted by Gasteiger charge is 2.14. The summed E-state index contributed by atoms with van der Waals surface area (Å²) in [6, 6.07) is -0.290. The molecule has 0 saturated carbocycles. The fourth-order valence-corrected chi connectivity index (χ4v) is 2.56. The van der Waals surface area contributed by atoms with Crippen LogP contribution < -0.4 is 10.6 Å². The first-order valence-electron chi connectivity index (χ1n) is 6.57. The van der Waals surface area contributed by atoms with Gasteiger partial charge in [0.25, 0.3) is 0 Å². The molecule has 1 rings (SSSR count). The molecule has 1 aromatic heterocycles. The summed E-state index contributed by atoms with van der Waals surface area (Å²) in [5.74, 6) is 0.499. The van der Waals surface area contributed by atoms with Gasteiger partial charge >= 0.3 is 6.03 Å². The van der Waals surface area contributed by atoms with Crippen LogP contribution in [0.15, 0.2) is 0 Å². The molecular weight excluding hydrogens is 262 g/mol. The van der Waals surface area contributed by atoms with Crippen LogP contribution in [0.1, 0.15) is 37.9 Å². The second-order valence-corrected chi connectivity index (χ2v) is 6.32. The van der Waals surface area contributed by atoms with Crippen molar-refractivity contribution >= 4 is 22.4 Å². The average Bonchev–Trinajstić information content (AvgIpc) is 2.57. The lowest BCUT2D eigenvalue weighted by atomic mass is 10.1. The van der Waals surface area contributed by atoms with Crippen LogP contribution in [0.5, 0.6) is 0 Å². The quantitative estimate of drug-likeness (QED) is 0.752. The van der Waals surface area contributed by atoms with Gasteiger partial charge in [-0.15, -0.1) is 11.3 Å². The number of carbonyl (C=O) groups excluding carboxylic acids is 1. The number of hydrogen-bond acceptors (Lipinski definition) is 4. The van der Waals surface area contributed by atoms with Crippen LogP contribution in [0.4, 0.5) is 9.80 Å². The fourth-order valence-electron chi connectivity index (χ4n) is 1.72. The number of aromatic nitrogens is 1. The zero-order valence-corrected chi connectivity index (χ0v) is 12.8. The number of nitrogens with zero attached hydrogens (tertiary/aromatic N) is 1. The number of amides is 2. The molecule has 0 aliphatic heterocycles. The molecule has 0 aliphatic rings. The standard InChI is InChI=1S/C13H23N3O2S/c1-8(2)7-11-12(19-10(4)15-11)16-13(18)14-9(3)5-6-17/h8-9,17H,5-7H2,1-4H3,(H2,14,16,18)/t9-/m1/s1. The molecule has 0 spiro atoms. The number of urea groups is 1. The molecule has 3 N–H and O–H groups in total. The van der Waals surface area contributed by atoms with Crippen LogP contribution in [0.2, 0.25) is 0 Å². The van der Waals surface area contributed by atoms with Gasteiger partial charge in [-0.2, -0.15) is 0 Å². The zero-order chi connectivity index (χ0) is 14.4. The first-order valence-corrected chi connectivity index (χ1v) is 7.38. The summed E-state index contributed by atoms with van der Waals surface area (Å²) in [5.41, 5.74) is 0.947. The molecule has 0 aliphatic carbocycles. The highest BCUT2D eigenvalue weighted by Crippen LogP contribution is 2.26. The van der Waals surface area contributed by atoms with E-state index in [0.29, 0.717) is 12.3 Å². The van der Waals surface area contributed by atoms with Gasteiger partial charge in [0.2, 0.25) is 0 Å². The lowest BCUT2D eigenvalue weighted by molar-refractivity contribution is 0.241. The number of nitrogens with one attached hydrogen (secondary N) is 2. The second kappa shape index (κ2) is 7.45. The van der Waals surface area contributed by atoms with Gasteiger partial charge in [0.15, 0.2) is 0 Å². The number of anilines is 1. The van der Waals surface area contributed by atoms with Gasteiger partial charge in [-0.1, -0.05) is 13.8 Å². The largest absolute Gasteiger partial charge is 0.396 e. The lowest BCUT2D eigenvalue weighted by Gasteiger charge is -2.13. The summed E-state index contributed by atoms with van der Waals surface area (Å²) in [6.45, 7) is 8.12. The van der Waals surface area contributed by atoms with Gasteiger partial charge in [0.1, 0.15) is 5.00 Å². The summed E-state index contributed by atoms with van der Waals surface area (Å²) in [6.07, 6.45) is 1.40. The summed E-state index contributed by atoms with van der Waals surface area (Å²) in [4.78, 5) is 16.3. The Labute approximate surface area is 118 Å². The Morgan fingerprint density at radius 1 is 1.42 bits per heavy atom. The van der Waals surface area contributed by atoms with Crippen molar-refractivity contribution in [1.29, 1.82) is 0 Å². The predicted octanol–water partition coefficient (Wildman–Crippen LogP) is 2.54. The van der Waals surface area contributed by atoms with Crippen molar-refractivity contribution in [2.75, 3.05) is 11.9 Å². The van der Waals surface area contributed by atoms with Crippen LogP contribution in [-0.4, -0.2) is 28.8 Å². The maximum Gasteiger partial charge on any atom is 0.320 e. The highest BCUT2D eigenvalue weighted by atomic mass is 32.1. The van der Waals surface area contributed by atoms with Crippen molar-refractivity contribution in [3.05, 3.63) is 10.7 Å². The molecule has 0 radical (unpaired) electrons. The van der Waals surface area contributed by atoms with E-state index in [2.05, 4.69) is 29.5 Å². The van der Waals surface area contributed by atoms with Crippen molar-refractivity contribution in [3.8, 4) is 0 Å². The van der Waals surface area contributed by atoms with Crippen LogP contribution in [0, 0.1) is 12.8 Å². The molecule has 1 aromatic rings. The molecule has 2 amide bonds. The minimum Gasteiger partial charge on any atom is -0.396 e. The molecule has 1 atom stereocenters. The lowest BCUT2D eigenvalue weighted by Crippen LogP contribution is -2.36. The topological polar surface area (TPSA) is 74.2 Å². The van der Waals surface area contributed by atoms with E-state index in [1.807, 2.05) is 13.8 Å². The van der Waals surface area contributed by atoms with Crippen LogP contribution in [-0.2, 0) is 6.42 Å². The van der Waals surface area contributed by atoms with Crippen LogP contribution in [0.3, 0.4) is 0 Å². The highest BCUT2D eigenvalue weighted by molar-refractivity contribution is 7.16. The van der Waals surface area contributed by atoms with E-state index in [1.165, 1.54) is 11.3 Å². The molecule has 0 bridgehead atoms. The molecule has 6 heteroatoms. The number of carbonyl (C=O) groups is 1.